The molecule has 1 rings (SSSR count). The molecule has 0 spiro atoms. The molecule has 0 atom stereocenters. The highest BCUT2D eigenvalue weighted by molar-refractivity contribution is 5.93. The van der Waals surface area contributed by atoms with Gasteiger partial charge in [0.2, 0.25) is 0 Å². The van der Waals surface area contributed by atoms with Crippen molar-refractivity contribution in [3.63, 3.8) is 0 Å². The van der Waals surface area contributed by atoms with E-state index in [1.165, 1.54) is 0 Å². The molecule has 0 aromatic heterocycles. The summed E-state index contributed by atoms with van der Waals surface area (Å²) in [5.74, 6) is 0.133. The fourth-order valence-corrected chi connectivity index (χ4v) is 1.31. The van der Waals surface area contributed by atoms with Gasteiger partial charge in [-0.3, -0.25) is 4.79 Å². The van der Waals surface area contributed by atoms with E-state index in [2.05, 4.69) is 0 Å². The normalized spacial score (nSPS) is 11.2. The average molecular weight is 207 g/mol. The predicted octanol–water partition coefficient (Wildman–Crippen LogP) is 1.36. The third kappa shape index (κ3) is 3.72. The van der Waals surface area contributed by atoms with Gasteiger partial charge in [0.25, 0.3) is 5.91 Å². The van der Waals surface area contributed by atoms with Gasteiger partial charge in [0.05, 0.1) is 21.1 Å². The van der Waals surface area contributed by atoms with E-state index in [0.29, 0.717) is 11.0 Å². The van der Waals surface area contributed by atoms with Gasteiger partial charge in [-0.2, -0.15) is 0 Å². The van der Waals surface area contributed by atoms with Crippen LogP contribution in [0.2, 0.25) is 0 Å². The molecule has 1 aromatic carbocycles. The number of amides is 1. The summed E-state index contributed by atoms with van der Waals surface area (Å²) in [6.45, 7) is 0.505. The van der Waals surface area contributed by atoms with E-state index < -0.39 is 0 Å². The lowest BCUT2D eigenvalue weighted by Gasteiger charge is -2.26. The number of para-hydroxylation sites is 1. The Morgan fingerprint density at radius 2 is 1.73 bits per heavy atom. The molecular weight excluding hydrogens is 188 g/mol. The summed E-state index contributed by atoms with van der Waals surface area (Å²) in [5.41, 5.74) is 0.941. The topological polar surface area (TPSA) is 20.3 Å². The first-order chi connectivity index (χ1) is 6.90. The first-order valence-electron chi connectivity index (χ1n) is 5.02. The number of hydrogen-bond acceptors (Lipinski definition) is 1. The number of anilines is 1. The summed E-state index contributed by atoms with van der Waals surface area (Å²) in [4.78, 5) is 13.6. The molecule has 0 saturated heterocycles. The highest BCUT2D eigenvalue weighted by atomic mass is 16.2. The van der Waals surface area contributed by atoms with E-state index >= 15 is 0 Å². The second-order valence-corrected chi connectivity index (χ2v) is 4.74. The maximum absolute atomic E-state index is 11.9. The number of benzene rings is 1. The summed E-state index contributed by atoms with van der Waals surface area (Å²) in [7, 11) is 7.84. The van der Waals surface area contributed by atoms with Crippen molar-refractivity contribution in [2.24, 2.45) is 0 Å². The SMILES string of the molecule is CN(C(=O)C[N+](C)(C)C)c1ccccc1. The lowest BCUT2D eigenvalue weighted by Crippen LogP contribution is -2.44. The number of carbonyl (C=O) groups is 1. The Morgan fingerprint density at radius 3 is 2.20 bits per heavy atom. The lowest BCUT2D eigenvalue weighted by molar-refractivity contribution is -0.862. The standard InChI is InChI=1S/C12H19N2O/c1-13(11-8-6-5-7-9-11)12(15)10-14(2,3)4/h5-9H,10H2,1-4H3/q+1. The van der Waals surface area contributed by atoms with Gasteiger partial charge in [0.1, 0.15) is 0 Å². The summed E-state index contributed by atoms with van der Waals surface area (Å²) in [6.07, 6.45) is 0. The van der Waals surface area contributed by atoms with Crippen LogP contribution in [-0.2, 0) is 4.79 Å². The molecule has 82 valence electrons. The Balaban J connectivity index is 2.70. The summed E-state index contributed by atoms with van der Waals surface area (Å²) in [6, 6.07) is 9.69. The van der Waals surface area contributed by atoms with Gasteiger partial charge in [0.15, 0.2) is 6.54 Å². The maximum Gasteiger partial charge on any atom is 0.281 e. The van der Waals surface area contributed by atoms with Crippen molar-refractivity contribution in [2.45, 2.75) is 0 Å². The van der Waals surface area contributed by atoms with E-state index in [-0.39, 0.29) is 5.91 Å². The molecule has 0 fully saturated rings. The van der Waals surface area contributed by atoms with Crippen molar-refractivity contribution in [3.8, 4) is 0 Å². The molecule has 15 heavy (non-hydrogen) atoms. The maximum atomic E-state index is 11.9. The second kappa shape index (κ2) is 4.45. The zero-order valence-electron chi connectivity index (χ0n) is 9.90. The van der Waals surface area contributed by atoms with Crippen molar-refractivity contribution in [3.05, 3.63) is 30.3 Å². The van der Waals surface area contributed by atoms with Crippen molar-refractivity contribution < 1.29 is 9.28 Å². The molecule has 0 aliphatic rings. The molecule has 0 saturated carbocycles. The van der Waals surface area contributed by atoms with Crippen LogP contribution in [0.4, 0.5) is 5.69 Å². The number of likely N-dealkylation sites (N-methyl/N-ethyl adjacent to an activating group) is 2. The monoisotopic (exact) mass is 207 g/mol. The third-order valence-electron chi connectivity index (χ3n) is 2.13. The van der Waals surface area contributed by atoms with Gasteiger partial charge in [-0.15, -0.1) is 0 Å². The highest BCUT2D eigenvalue weighted by Gasteiger charge is 2.18. The van der Waals surface area contributed by atoms with Crippen molar-refractivity contribution in [2.75, 3.05) is 39.6 Å². The Morgan fingerprint density at radius 1 is 1.20 bits per heavy atom. The van der Waals surface area contributed by atoms with Gasteiger partial charge in [-0.1, -0.05) is 18.2 Å². The molecule has 0 unspecified atom stereocenters. The molecule has 0 aliphatic carbocycles. The summed E-state index contributed by atoms with van der Waals surface area (Å²) >= 11 is 0. The zero-order valence-corrected chi connectivity index (χ0v) is 9.90. The largest absolute Gasteiger partial charge is 0.323 e. The number of rotatable bonds is 3. The van der Waals surface area contributed by atoms with Crippen molar-refractivity contribution >= 4 is 11.6 Å². The van der Waals surface area contributed by atoms with Crippen LogP contribution in [0.15, 0.2) is 30.3 Å². The van der Waals surface area contributed by atoms with Crippen molar-refractivity contribution in [1.82, 2.24) is 0 Å². The van der Waals surface area contributed by atoms with Gasteiger partial charge >= 0.3 is 0 Å². The zero-order chi connectivity index (χ0) is 11.5. The van der Waals surface area contributed by atoms with Crippen LogP contribution in [0, 0.1) is 0 Å². The fourth-order valence-electron chi connectivity index (χ4n) is 1.31. The van der Waals surface area contributed by atoms with Crippen LogP contribution in [0.25, 0.3) is 0 Å². The Labute approximate surface area is 91.5 Å². The Kier molecular flexibility index (Phi) is 3.48. The predicted molar refractivity (Wildman–Crippen MR) is 62.8 cm³/mol. The van der Waals surface area contributed by atoms with Gasteiger partial charge < -0.3 is 9.38 Å². The van der Waals surface area contributed by atoms with E-state index in [1.54, 1.807) is 4.90 Å². The minimum absolute atomic E-state index is 0.133. The minimum atomic E-state index is 0.133. The quantitative estimate of drug-likeness (QED) is 0.685. The van der Waals surface area contributed by atoms with E-state index in [1.807, 2.05) is 58.5 Å². The molecule has 0 heterocycles. The van der Waals surface area contributed by atoms with E-state index in [0.717, 1.165) is 5.69 Å². The molecule has 0 N–H and O–H groups in total. The molecule has 3 nitrogen and oxygen atoms in total. The molecule has 3 heteroatoms. The molecule has 1 amide bonds. The molecule has 0 aliphatic heterocycles. The summed E-state index contributed by atoms with van der Waals surface area (Å²) in [5, 5.41) is 0. The van der Waals surface area contributed by atoms with Crippen LogP contribution in [0.3, 0.4) is 0 Å². The van der Waals surface area contributed by atoms with Gasteiger partial charge in [-0.05, 0) is 12.1 Å². The molecule has 0 radical (unpaired) electrons. The third-order valence-corrected chi connectivity index (χ3v) is 2.13. The lowest BCUT2D eigenvalue weighted by atomic mass is 10.3. The van der Waals surface area contributed by atoms with Crippen molar-refractivity contribution in [1.29, 1.82) is 0 Å². The average Bonchev–Trinajstić information content (AvgIpc) is 2.15. The van der Waals surface area contributed by atoms with E-state index in [4.69, 9.17) is 0 Å². The van der Waals surface area contributed by atoms with E-state index in [9.17, 15) is 4.79 Å². The first kappa shape index (κ1) is 11.7. The first-order valence-corrected chi connectivity index (χ1v) is 5.02. The second-order valence-electron chi connectivity index (χ2n) is 4.74. The van der Waals surface area contributed by atoms with Crippen LogP contribution in [0.5, 0.6) is 0 Å². The number of nitrogens with zero attached hydrogens (tertiary/aromatic N) is 2. The highest BCUT2D eigenvalue weighted by Crippen LogP contribution is 2.11. The van der Waals surface area contributed by atoms with Crippen LogP contribution < -0.4 is 4.90 Å². The number of carbonyl (C=O) groups excluding carboxylic acids is 1. The number of hydrogen-bond donors (Lipinski definition) is 0. The Bertz CT molecular complexity index is 327. The molecule has 0 bridgehead atoms. The fraction of sp³-hybridized carbons (Fsp3) is 0.417. The Hall–Kier alpha value is -1.35. The van der Waals surface area contributed by atoms with Gasteiger partial charge in [0, 0.05) is 12.7 Å². The molecule has 1 aromatic rings. The van der Waals surface area contributed by atoms with Crippen LogP contribution in [0.1, 0.15) is 0 Å². The minimum Gasteiger partial charge on any atom is -0.323 e. The van der Waals surface area contributed by atoms with Crippen LogP contribution >= 0.6 is 0 Å². The molecular formula is C12H19N2O+. The van der Waals surface area contributed by atoms with Crippen LogP contribution in [-0.4, -0.2) is 45.1 Å². The number of quaternary nitrogens is 1. The summed E-state index contributed by atoms with van der Waals surface area (Å²) < 4.78 is 0.649. The smallest absolute Gasteiger partial charge is 0.281 e. The van der Waals surface area contributed by atoms with Gasteiger partial charge in [-0.25, -0.2) is 0 Å².